The van der Waals surface area contributed by atoms with E-state index in [1.807, 2.05) is 18.3 Å². The molecule has 6 aliphatic heterocycles. The summed E-state index contributed by atoms with van der Waals surface area (Å²) in [5, 5.41) is 9.85. The second-order valence-electron chi connectivity index (χ2n) is 28.2. The minimum atomic E-state index is -3.18. The third-order valence-corrected chi connectivity index (χ3v) is 26.7. The van der Waals surface area contributed by atoms with Gasteiger partial charge in [-0.15, -0.1) is 0 Å². The molecule has 12 aliphatic rings. The zero-order valence-corrected chi connectivity index (χ0v) is 57.0. The predicted octanol–water partition coefficient (Wildman–Crippen LogP) is 9.41. The van der Waals surface area contributed by atoms with E-state index in [2.05, 4.69) is 133 Å². The average molecular weight is 1360 g/mol. The van der Waals surface area contributed by atoms with E-state index >= 15 is 0 Å². The molecule has 12 heterocycles. The second-order valence-corrected chi connectivity index (χ2v) is 33.2. The smallest absolute Gasteiger partial charge is 0.216 e. The summed E-state index contributed by atoms with van der Waals surface area (Å²) in [6, 6.07) is 9.39. The van der Waals surface area contributed by atoms with E-state index in [-0.39, 0.29) is 34.4 Å². The highest BCUT2D eigenvalue weighted by Gasteiger charge is 2.48. The number of nitrogens with zero attached hydrogens (tertiary/aromatic N) is 16. The van der Waals surface area contributed by atoms with Crippen LogP contribution in [0.5, 0.6) is 0 Å². The van der Waals surface area contributed by atoms with Gasteiger partial charge in [-0.3, -0.25) is 4.98 Å². The van der Waals surface area contributed by atoms with E-state index in [4.69, 9.17) is 38.4 Å². The normalized spacial score (nSPS) is 24.9. The zero-order chi connectivity index (χ0) is 65.0. The molecule has 3 saturated heterocycles. The highest BCUT2D eigenvalue weighted by atomic mass is 35.5. The lowest BCUT2D eigenvalue weighted by Crippen LogP contribution is -2.53. The summed E-state index contributed by atoms with van der Waals surface area (Å²) in [5.41, 5.74) is 18.3. The van der Waals surface area contributed by atoms with Crippen molar-refractivity contribution in [2.75, 3.05) is 63.8 Å². The minimum Gasteiger partial charge on any atom is -0.363 e. The third kappa shape index (κ3) is 11.9. The SMILES string of the molecule is C[C@@H]1Cc2ncnc(C3CCN(S(=O)(=O)C4CC4)CC3)c2CN1c1ccnc2c1C=CC2.C[C@@H]1Cc2ncnc(N3CC(C#N)C3)c2CN1c1cc(Cl)nc2c1C=CC2.C[C@@H]1Cc2ncnc(N3CC4CCC(C3)C4NS(=O)(=O)C3CC3)c2CN1c1cc(Cl)nc2c1C=CC2. The first-order chi connectivity index (χ1) is 46.0. The van der Waals surface area contributed by atoms with Crippen LogP contribution in [0.1, 0.15) is 151 Å². The fraction of sp³-hybridized carbons (Fsp3) is 0.514. The number of piperidine rings is 2. The molecule has 21 nitrogen and oxygen atoms in total. The van der Waals surface area contributed by atoms with Crippen molar-refractivity contribution in [2.24, 2.45) is 17.8 Å². The van der Waals surface area contributed by atoms with Gasteiger partial charge in [-0.05, 0) is 102 Å². The molecule has 2 bridgehead atoms. The van der Waals surface area contributed by atoms with Crippen molar-refractivity contribution in [3.05, 3.63) is 145 Å². The highest BCUT2D eigenvalue weighted by Crippen LogP contribution is 2.45. The van der Waals surface area contributed by atoms with Gasteiger partial charge < -0.3 is 24.5 Å². The number of fused-ring (bicyclic) bond motifs is 8. The van der Waals surface area contributed by atoms with Crippen molar-refractivity contribution >= 4 is 90.2 Å². The Balaban J connectivity index is 0.000000114. The van der Waals surface area contributed by atoms with Crippen LogP contribution in [0.2, 0.25) is 10.3 Å². The molecule has 0 radical (unpaired) electrons. The lowest BCUT2D eigenvalue weighted by molar-refractivity contribution is 0.314. The Kier molecular flexibility index (Phi) is 16.5. The monoisotopic (exact) mass is 1360 g/mol. The van der Waals surface area contributed by atoms with Gasteiger partial charge in [-0.2, -0.15) is 5.26 Å². The lowest BCUT2D eigenvalue weighted by Gasteiger charge is -2.42. The van der Waals surface area contributed by atoms with Crippen LogP contribution >= 0.6 is 23.2 Å². The quantitative estimate of drug-likeness (QED) is 0.119. The van der Waals surface area contributed by atoms with E-state index in [1.54, 1.807) is 23.3 Å². The molecular weight excluding hydrogens is 1280 g/mol. The third-order valence-electron chi connectivity index (χ3n) is 22.0. The Hall–Kier alpha value is -7.20. The van der Waals surface area contributed by atoms with E-state index in [0.717, 1.165) is 210 Å². The van der Waals surface area contributed by atoms with Crippen LogP contribution in [0.4, 0.5) is 28.7 Å². The Morgan fingerprint density at radius 2 is 1.01 bits per heavy atom. The molecule has 0 amide bonds. The molecule has 6 fully saturated rings. The molecule has 1 N–H and O–H groups in total. The highest BCUT2D eigenvalue weighted by molar-refractivity contribution is 7.90. The van der Waals surface area contributed by atoms with Gasteiger partial charge in [0.1, 0.15) is 40.9 Å². The first-order valence-corrected chi connectivity index (χ1v) is 37.9. The van der Waals surface area contributed by atoms with Gasteiger partial charge in [0, 0.05) is 184 Å². The topological polar surface area (TPSA) is 240 Å². The molecule has 5 atom stereocenters. The summed E-state index contributed by atoms with van der Waals surface area (Å²) in [6.45, 7) is 13.3. The number of rotatable bonds is 11. The molecule has 95 heavy (non-hydrogen) atoms. The van der Waals surface area contributed by atoms with E-state index in [0.29, 0.717) is 47.3 Å². The fourth-order valence-corrected chi connectivity index (χ4v) is 20.6. The molecule has 6 aromatic rings. The number of hydrogen-bond acceptors (Lipinski definition) is 19. The van der Waals surface area contributed by atoms with Crippen molar-refractivity contribution in [3.8, 4) is 6.07 Å². The van der Waals surface area contributed by atoms with Gasteiger partial charge in [0.05, 0.1) is 62.3 Å². The number of pyridine rings is 3. The number of hydrogen-bond donors (Lipinski definition) is 1. The maximum absolute atomic E-state index is 12.7. The van der Waals surface area contributed by atoms with Crippen molar-refractivity contribution in [1.29, 1.82) is 5.26 Å². The minimum absolute atomic E-state index is 0.0503. The van der Waals surface area contributed by atoms with Crippen LogP contribution in [0.15, 0.2) is 61.6 Å². The predicted molar refractivity (Wildman–Crippen MR) is 369 cm³/mol. The van der Waals surface area contributed by atoms with Crippen LogP contribution < -0.4 is 29.2 Å². The summed E-state index contributed by atoms with van der Waals surface area (Å²) >= 11 is 12.7. The van der Waals surface area contributed by atoms with Crippen LogP contribution in [0.25, 0.3) is 18.2 Å². The summed E-state index contributed by atoms with van der Waals surface area (Å²) in [5.74, 6) is 2.99. The Morgan fingerprint density at radius 3 is 1.54 bits per heavy atom. The molecule has 25 heteroatoms. The van der Waals surface area contributed by atoms with Gasteiger partial charge in [-0.25, -0.2) is 65.7 Å². The Morgan fingerprint density at radius 1 is 0.537 bits per heavy atom. The van der Waals surface area contributed by atoms with Crippen LogP contribution in [0, 0.1) is 29.1 Å². The van der Waals surface area contributed by atoms with Crippen LogP contribution in [-0.2, 0) is 78.2 Å². The van der Waals surface area contributed by atoms with Crippen LogP contribution in [-0.4, -0.2) is 140 Å². The number of aromatic nitrogens is 9. The molecule has 0 aromatic carbocycles. The molecular formula is C70H79Cl2N17O4S2. The van der Waals surface area contributed by atoms with Crippen molar-refractivity contribution in [1.82, 2.24) is 53.9 Å². The molecule has 6 aliphatic carbocycles. The number of halogens is 2. The first-order valence-electron chi connectivity index (χ1n) is 34.1. The van der Waals surface area contributed by atoms with Crippen molar-refractivity contribution < 1.29 is 16.8 Å². The molecule has 18 rings (SSSR count). The maximum atomic E-state index is 12.7. The number of nitrogens with one attached hydrogen (secondary N) is 1. The number of allylic oxidation sites excluding steroid dienone is 3. The number of anilines is 5. The fourth-order valence-electron chi connectivity index (χ4n) is 16.6. The summed E-state index contributed by atoms with van der Waals surface area (Å²) in [4.78, 5) is 53.4. The first kappa shape index (κ1) is 62.6. The molecule has 3 saturated carbocycles. The van der Waals surface area contributed by atoms with Gasteiger partial charge in [0.25, 0.3) is 0 Å². The van der Waals surface area contributed by atoms with Crippen molar-refractivity contribution in [2.45, 2.75) is 171 Å². The lowest BCUT2D eigenvalue weighted by atomic mass is 9.87. The zero-order valence-electron chi connectivity index (χ0n) is 53.9. The molecule has 2 unspecified atom stereocenters. The largest absolute Gasteiger partial charge is 0.363 e. The van der Waals surface area contributed by atoms with Gasteiger partial charge >= 0.3 is 0 Å². The Labute approximate surface area is 566 Å². The molecule has 6 aromatic heterocycles. The number of nitriles is 1. The number of sulfonamides is 2. The summed E-state index contributed by atoms with van der Waals surface area (Å²) < 4.78 is 55.4. The van der Waals surface area contributed by atoms with Gasteiger partial charge in [0.2, 0.25) is 20.0 Å². The van der Waals surface area contributed by atoms with Gasteiger partial charge in [0.15, 0.2) is 0 Å². The van der Waals surface area contributed by atoms with Crippen molar-refractivity contribution in [3.63, 3.8) is 0 Å². The molecule has 494 valence electrons. The second kappa shape index (κ2) is 25.0. The van der Waals surface area contributed by atoms with E-state index in [1.165, 1.54) is 27.9 Å². The van der Waals surface area contributed by atoms with Gasteiger partial charge in [-0.1, -0.05) is 59.7 Å². The molecule has 0 spiro atoms. The van der Waals surface area contributed by atoms with Crippen LogP contribution in [0.3, 0.4) is 0 Å². The summed E-state index contributed by atoms with van der Waals surface area (Å²) in [6.07, 6.45) is 32.1. The Bertz CT molecular complexity index is 4400. The standard InChI is InChI=1S/C26H31ClN6O2S.C24H29N5O2S.C20H19ClN6/c1-15-9-22-20(13-33(15)23-10-24(27)30-21-4-2-3-19(21)23)26(29-14-28-22)32-11-16-5-6-17(12-32)25(16)31-36(34,35)18-7-8-18;1-16-13-22-20(14-29(16)23-7-10-25-21-4-2-3-19(21)23)24(27-15-26-22)17-8-11-28(12-9-17)32(30,31)18-5-6-18;1-12-5-17-15(20(24-11-23-17)26-8-13(7-22)9-26)10-27(12)18-6-19(21)25-16-4-2-3-14(16)18/h2-3,10,14-18,25,31H,4-9,11-13H2,1H3;2-3,7,10,15-18H,4-6,8-9,11-14H2,1H3;2-3,6,11-13H,4-5,8-10H2,1H3/t15-,16?,17?,25?;16-;12-/m111/s1. The average Bonchev–Trinajstić information content (AvgIpc) is 0.941. The van der Waals surface area contributed by atoms with E-state index < -0.39 is 20.0 Å². The summed E-state index contributed by atoms with van der Waals surface area (Å²) in [7, 11) is -6.27. The van der Waals surface area contributed by atoms with E-state index in [9.17, 15) is 16.8 Å². The maximum Gasteiger partial charge on any atom is 0.216 e.